The van der Waals surface area contributed by atoms with Crippen LogP contribution in [0.5, 0.6) is 5.75 Å². The van der Waals surface area contributed by atoms with Gasteiger partial charge in [-0.2, -0.15) is 0 Å². The summed E-state index contributed by atoms with van der Waals surface area (Å²) in [4.78, 5) is 22.6. The van der Waals surface area contributed by atoms with E-state index in [0.717, 1.165) is 0 Å². The smallest absolute Gasteiger partial charge is 0.330 e. The van der Waals surface area contributed by atoms with Gasteiger partial charge < -0.3 is 19.9 Å². The van der Waals surface area contributed by atoms with Crippen LogP contribution in [-0.4, -0.2) is 37.7 Å². The van der Waals surface area contributed by atoms with Crippen molar-refractivity contribution in [2.24, 2.45) is 0 Å². The Kier molecular flexibility index (Phi) is 6.97. The fourth-order valence-corrected chi connectivity index (χ4v) is 1.59. The quantitative estimate of drug-likeness (QED) is 0.444. The summed E-state index contributed by atoms with van der Waals surface area (Å²) in [6, 6.07) is 6.67. The number of carbonyl (C=O) groups excluding carboxylic acids is 2. The fraction of sp³-hybridized carbons (Fsp3) is 0.333. The van der Waals surface area contributed by atoms with E-state index in [2.05, 4.69) is 10.1 Å². The van der Waals surface area contributed by atoms with E-state index in [0.29, 0.717) is 24.3 Å². The number of nitrogens with one attached hydrogen (secondary N) is 1. The highest BCUT2D eigenvalue weighted by Gasteiger charge is 2.16. The number of hydrogen-bond acceptors (Lipinski definition) is 5. The third-order valence-corrected chi connectivity index (χ3v) is 2.72. The normalized spacial score (nSPS) is 12.0. The molecule has 1 aromatic carbocycles. The first-order valence-corrected chi connectivity index (χ1v) is 6.42. The summed E-state index contributed by atoms with van der Waals surface area (Å²) < 4.78 is 9.47. The number of rotatable bonds is 7. The lowest BCUT2D eigenvalue weighted by atomic mass is 10.1. The van der Waals surface area contributed by atoms with E-state index in [1.807, 2.05) is 0 Å². The Labute approximate surface area is 123 Å². The maximum atomic E-state index is 11.8. The highest BCUT2D eigenvalue weighted by molar-refractivity contribution is 5.82. The summed E-state index contributed by atoms with van der Waals surface area (Å²) in [5, 5.41) is 12.5. The van der Waals surface area contributed by atoms with Crippen LogP contribution < -0.4 is 10.1 Å². The summed E-state index contributed by atoms with van der Waals surface area (Å²) in [6.07, 6.45) is 2.07. The minimum atomic E-state index is -1.26. The molecule has 1 unspecified atom stereocenters. The lowest BCUT2D eigenvalue weighted by molar-refractivity contribution is -0.134. The molecule has 0 spiro atoms. The van der Waals surface area contributed by atoms with Crippen LogP contribution in [0.4, 0.5) is 0 Å². The zero-order valence-electron chi connectivity index (χ0n) is 12.0. The molecule has 2 N–H and O–H groups in total. The van der Waals surface area contributed by atoms with Gasteiger partial charge in [0.05, 0.1) is 14.2 Å². The van der Waals surface area contributed by atoms with Gasteiger partial charge in [-0.25, -0.2) is 4.79 Å². The summed E-state index contributed by atoms with van der Waals surface area (Å²) in [6.45, 7) is 0.313. The second-order valence-electron chi connectivity index (χ2n) is 4.18. The van der Waals surface area contributed by atoms with Gasteiger partial charge in [-0.3, -0.25) is 4.79 Å². The molecule has 1 rings (SSSR count). The highest BCUT2D eigenvalue weighted by atomic mass is 16.5. The molecule has 1 atom stereocenters. The van der Waals surface area contributed by atoms with Crippen molar-refractivity contribution in [2.75, 3.05) is 20.8 Å². The summed E-state index contributed by atoms with van der Waals surface area (Å²) in [5.74, 6) is -0.382. The van der Waals surface area contributed by atoms with Crippen molar-refractivity contribution in [3.8, 4) is 5.75 Å². The average molecular weight is 293 g/mol. The van der Waals surface area contributed by atoms with Crippen LogP contribution in [0.15, 0.2) is 36.4 Å². The fourth-order valence-electron chi connectivity index (χ4n) is 1.59. The molecule has 6 heteroatoms. The predicted octanol–water partition coefficient (Wildman–Crippen LogP) is 0.964. The number of methoxy groups -OCH3 is 2. The topological polar surface area (TPSA) is 84.9 Å². The molecule has 0 fully saturated rings. The monoisotopic (exact) mass is 293 g/mol. The molecule has 0 aliphatic carbocycles. The molecule has 114 valence electrons. The lowest BCUT2D eigenvalue weighted by Gasteiger charge is -2.12. The summed E-state index contributed by atoms with van der Waals surface area (Å²) in [5.41, 5.74) is 0.456. The number of aliphatic hydroxyl groups excluding tert-OH is 1. The second kappa shape index (κ2) is 8.76. The molecular formula is C15H19NO5. The van der Waals surface area contributed by atoms with Crippen LogP contribution >= 0.6 is 0 Å². The van der Waals surface area contributed by atoms with Crippen molar-refractivity contribution in [3.05, 3.63) is 42.0 Å². The highest BCUT2D eigenvalue weighted by Crippen LogP contribution is 2.19. The van der Waals surface area contributed by atoms with Crippen LogP contribution in [-0.2, 0) is 14.3 Å². The third kappa shape index (κ3) is 5.66. The van der Waals surface area contributed by atoms with Gasteiger partial charge in [0.2, 0.25) is 0 Å². The molecule has 6 nitrogen and oxygen atoms in total. The molecule has 21 heavy (non-hydrogen) atoms. The van der Waals surface area contributed by atoms with Gasteiger partial charge in [0.25, 0.3) is 5.91 Å². The van der Waals surface area contributed by atoms with Gasteiger partial charge in [-0.05, 0) is 24.1 Å². The van der Waals surface area contributed by atoms with Crippen LogP contribution in [0.3, 0.4) is 0 Å². The standard InChI is InChI=1S/C15H19NO5/c1-20-12-7-5-6-11(10-12)14(18)15(19)16-9-4-3-8-13(17)21-2/h3,5-8,10,14,18H,4,9H2,1-2H3,(H,16,19)/b8-3+. The molecule has 0 aliphatic rings. The largest absolute Gasteiger partial charge is 0.497 e. The number of amides is 1. The zero-order valence-corrected chi connectivity index (χ0v) is 12.0. The van der Waals surface area contributed by atoms with E-state index in [9.17, 15) is 14.7 Å². The van der Waals surface area contributed by atoms with Crippen molar-refractivity contribution in [3.63, 3.8) is 0 Å². The van der Waals surface area contributed by atoms with E-state index in [-0.39, 0.29) is 0 Å². The molecule has 1 aromatic rings. The number of benzene rings is 1. The molecule has 0 saturated heterocycles. The number of hydrogen-bond donors (Lipinski definition) is 2. The van der Waals surface area contributed by atoms with Gasteiger partial charge in [0.1, 0.15) is 5.75 Å². The number of esters is 1. The van der Waals surface area contributed by atoms with Gasteiger partial charge in [-0.1, -0.05) is 18.2 Å². The first-order chi connectivity index (χ1) is 10.1. The molecule has 1 amide bonds. The Morgan fingerprint density at radius 3 is 2.81 bits per heavy atom. The Bertz CT molecular complexity index is 513. The molecule has 0 aliphatic heterocycles. The Morgan fingerprint density at radius 2 is 2.14 bits per heavy atom. The van der Waals surface area contributed by atoms with E-state index in [4.69, 9.17) is 4.74 Å². The van der Waals surface area contributed by atoms with Gasteiger partial charge in [0, 0.05) is 12.6 Å². The first-order valence-electron chi connectivity index (χ1n) is 6.42. The van der Waals surface area contributed by atoms with Crippen molar-refractivity contribution < 1.29 is 24.2 Å². The summed E-state index contributed by atoms with van der Waals surface area (Å²) in [7, 11) is 2.80. The molecule has 0 bridgehead atoms. The Hall–Kier alpha value is -2.34. The molecule has 0 saturated carbocycles. The second-order valence-corrected chi connectivity index (χ2v) is 4.18. The molecule has 0 radical (unpaired) electrons. The number of ether oxygens (including phenoxy) is 2. The van der Waals surface area contributed by atoms with Gasteiger partial charge in [0.15, 0.2) is 6.10 Å². The molecule has 0 aromatic heterocycles. The van der Waals surface area contributed by atoms with Crippen molar-refractivity contribution >= 4 is 11.9 Å². The Morgan fingerprint density at radius 1 is 1.38 bits per heavy atom. The maximum absolute atomic E-state index is 11.8. The number of carbonyl (C=O) groups is 2. The van der Waals surface area contributed by atoms with E-state index in [1.165, 1.54) is 20.3 Å². The van der Waals surface area contributed by atoms with E-state index in [1.54, 1.807) is 30.3 Å². The predicted molar refractivity (Wildman–Crippen MR) is 76.7 cm³/mol. The van der Waals surface area contributed by atoms with Crippen LogP contribution in [0.2, 0.25) is 0 Å². The van der Waals surface area contributed by atoms with E-state index < -0.39 is 18.0 Å². The maximum Gasteiger partial charge on any atom is 0.330 e. The van der Waals surface area contributed by atoms with Gasteiger partial charge in [-0.15, -0.1) is 0 Å². The van der Waals surface area contributed by atoms with Gasteiger partial charge >= 0.3 is 5.97 Å². The minimum absolute atomic E-state index is 0.313. The molecule has 0 heterocycles. The molecular weight excluding hydrogens is 274 g/mol. The van der Waals surface area contributed by atoms with Crippen molar-refractivity contribution in [1.29, 1.82) is 0 Å². The van der Waals surface area contributed by atoms with Crippen LogP contribution in [0.1, 0.15) is 18.1 Å². The van der Waals surface area contributed by atoms with Crippen molar-refractivity contribution in [1.82, 2.24) is 5.32 Å². The Balaban J connectivity index is 2.44. The lowest BCUT2D eigenvalue weighted by Crippen LogP contribution is -2.29. The first kappa shape index (κ1) is 16.7. The van der Waals surface area contributed by atoms with Crippen molar-refractivity contribution in [2.45, 2.75) is 12.5 Å². The van der Waals surface area contributed by atoms with Crippen LogP contribution in [0.25, 0.3) is 0 Å². The van der Waals surface area contributed by atoms with Crippen LogP contribution in [0, 0.1) is 0 Å². The SMILES string of the molecule is COC(=O)/C=C/CCNC(=O)C(O)c1cccc(OC)c1. The minimum Gasteiger partial charge on any atom is -0.497 e. The average Bonchev–Trinajstić information content (AvgIpc) is 2.53. The third-order valence-electron chi connectivity index (χ3n) is 2.72. The summed E-state index contributed by atoms with van der Waals surface area (Å²) >= 11 is 0. The zero-order chi connectivity index (χ0) is 15.7. The number of aliphatic hydroxyl groups is 1. The van der Waals surface area contributed by atoms with E-state index >= 15 is 0 Å².